The number of hydrogen-bond donors (Lipinski definition) is 4. The average Bonchev–Trinajstić information content (AvgIpc) is 2.66. The lowest BCUT2D eigenvalue weighted by Crippen LogP contribution is -2.29. The molecule has 0 bridgehead atoms. The molecule has 0 aliphatic carbocycles. The van der Waals surface area contributed by atoms with Crippen LogP contribution >= 0.6 is 0 Å². The van der Waals surface area contributed by atoms with Crippen LogP contribution in [-0.2, 0) is 9.59 Å². The topological polar surface area (TPSA) is 138 Å². The smallest absolute Gasteiger partial charge is 0.143 e. The van der Waals surface area contributed by atoms with E-state index >= 15 is 0 Å². The maximum absolute atomic E-state index is 12.7. The molecule has 0 saturated heterocycles. The third-order valence-electron chi connectivity index (χ3n) is 5.31. The predicted octanol–water partition coefficient (Wildman–Crippen LogP) is 3.14. The summed E-state index contributed by atoms with van der Waals surface area (Å²) in [7, 11) is 0. The standard InChI is InChI=1S/C22H46N4O2/c23-17-11-5-3-8-14-20(27)19(13-7-1-2-10-16-22(25)26)21(28)15-9-4-6-12-18-24/h19,22H,1-18,23-26H2. The minimum absolute atomic E-state index is 0.142. The van der Waals surface area contributed by atoms with Crippen molar-refractivity contribution in [3.05, 3.63) is 0 Å². The van der Waals surface area contributed by atoms with Gasteiger partial charge in [-0.05, 0) is 51.6 Å². The number of Topliss-reactive ketones (excluding diaryl/α,β-unsaturated/α-hetero) is 2. The third-order valence-corrected chi connectivity index (χ3v) is 5.31. The molecule has 0 rings (SSSR count). The summed E-state index contributed by atoms with van der Waals surface area (Å²) in [6.45, 7) is 1.41. The number of rotatable bonds is 21. The fourth-order valence-corrected chi connectivity index (χ4v) is 3.53. The van der Waals surface area contributed by atoms with Crippen molar-refractivity contribution in [2.45, 2.75) is 109 Å². The highest BCUT2D eigenvalue weighted by atomic mass is 16.1. The molecule has 0 atom stereocenters. The molecule has 0 amide bonds. The Labute approximate surface area is 172 Å². The first-order valence-electron chi connectivity index (χ1n) is 11.5. The van der Waals surface area contributed by atoms with E-state index in [2.05, 4.69) is 0 Å². The van der Waals surface area contributed by atoms with Gasteiger partial charge in [0.05, 0.1) is 12.1 Å². The van der Waals surface area contributed by atoms with Crippen LogP contribution in [-0.4, -0.2) is 30.8 Å². The molecule has 6 heteroatoms. The van der Waals surface area contributed by atoms with E-state index in [1.165, 1.54) is 0 Å². The van der Waals surface area contributed by atoms with Crippen molar-refractivity contribution < 1.29 is 9.59 Å². The quantitative estimate of drug-likeness (QED) is 0.133. The van der Waals surface area contributed by atoms with Gasteiger partial charge in [-0.15, -0.1) is 0 Å². The Morgan fingerprint density at radius 3 is 1.36 bits per heavy atom. The lowest BCUT2D eigenvalue weighted by Gasteiger charge is -2.15. The number of carbonyl (C=O) groups is 2. The van der Waals surface area contributed by atoms with Gasteiger partial charge in [0, 0.05) is 12.8 Å². The van der Waals surface area contributed by atoms with Crippen LogP contribution in [0.3, 0.4) is 0 Å². The number of ketones is 2. The van der Waals surface area contributed by atoms with Crippen molar-refractivity contribution in [3.63, 3.8) is 0 Å². The summed E-state index contributed by atoms with van der Waals surface area (Å²) in [5, 5.41) is 0. The van der Waals surface area contributed by atoms with E-state index in [0.717, 1.165) is 83.5 Å². The Kier molecular flexibility index (Phi) is 18.9. The summed E-state index contributed by atoms with van der Waals surface area (Å²) in [6.07, 6.45) is 14.2. The highest BCUT2D eigenvalue weighted by Crippen LogP contribution is 2.20. The van der Waals surface area contributed by atoms with E-state index in [0.29, 0.717) is 32.4 Å². The number of nitrogens with two attached hydrogens (primary N) is 4. The van der Waals surface area contributed by atoms with E-state index in [4.69, 9.17) is 22.9 Å². The first-order chi connectivity index (χ1) is 13.5. The highest BCUT2D eigenvalue weighted by molar-refractivity contribution is 6.02. The number of unbranched alkanes of at least 4 members (excludes halogenated alkanes) is 9. The van der Waals surface area contributed by atoms with Gasteiger partial charge in [-0.3, -0.25) is 9.59 Å². The summed E-state index contributed by atoms with van der Waals surface area (Å²) in [4.78, 5) is 25.3. The monoisotopic (exact) mass is 398 g/mol. The molecule has 0 fully saturated rings. The lowest BCUT2D eigenvalue weighted by molar-refractivity contribution is -0.133. The van der Waals surface area contributed by atoms with Gasteiger partial charge in [0.15, 0.2) is 0 Å². The van der Waals surface area contributed by atoms with E-state index in [1.54, 1.807) is 0 Å². The molecular formula is C22H46N4O2. The third kappa shape index (κ3) is 16.2. The molecule has 6 nitrogen and oxygen atoms in total. The number of carbonyl (C=O) groups excluding carboxylic acids is 2. The molecule has 0 unspecified atom stereocenters. The zero-order valence-electron chi connectivity index (χ0n) is 18.0. The van der Waals surface area contributed by atoms with Crippen LogP contribution in [0.25, 0.3) is 0 Å². The second kappa shape index (κ2) is 19.5. The van der Waals surface area contributed by atoms with Crippen LogP contribution in [0.15, 0.2) is 0 Å². The molecule has 0 aliphatic heterocycles. The van der Waals surface area contributed by atoms with Crippen LogP contribution in [0.5, 0.6) is 0 Å². The SMILES string of the molecule is NCCCCCCC(=O)C(CCCCCCC(N)N)C(=O)CCCCCCN. The Hall–Kier alpha value is -0.820. The van der Waals surface area contributed by atoms with E-state index in [-0.39, 0.29) is 17.7 Å². The van der Waals surface area contributed by atoms with E-state index in [1.807, 2.05) is 0 Å². The normalized spacial score (nSPS) is 11.5. The van der Waals surface area contributed by atoms with Crippen LogP contribution in [0, 0.1) is 5.92 Å². The van der Waals surface area contributed by atoms with Crippen molar-refractivity contribution in [3.8, 4) is 0 Å². The lowest BCUT2D eigenvalue weighted by atomic mass is 9.87. The van der Waals surface area contributed by atoms with Crippen LogP contribution in [0.2, 0.25) is 0 Å². The average molecular weight is 399 g/mol. The summed E-state index contributed by atoms with van der Waals surface area (Å²) < 4.78 is 0. The first kappa shape index (κ1) is 27.2. The Morgan fingerprint density at radius 2 is 0.929 bits per heavy atom. The van der Waals surface area contributed by atoms with Crippen LogP contribution < -0.4 is 22.9 Å². The molecule has 0 heterocycles. The summed E-state index contributed by atoms with van der Waals surface area (Å²) >= 11 is 0. The summed E-state index contributed by atoms with van der Waals surface area (Å²) in [5.74, 6) is -0.117. The molecule has 0 aromatic heterocycles. The molecule has 0 aromatic rings. The highest BCUT2D eigenvalue weighted by Gasteiger charge is 2.24. The van der Waals surface area contributed by atoms with E-state index < -0.39 is 5.92 Å². The maximum atomic E-state index is 12.7. The first-order valence-corrected chi connectivity index (χ1v) is 11.5. The van der Waals surface area contributed by atoms with Crippen LogP contribution in [0.4, 0.5) is 0 Å². The summed E-state index contributed by atoms with van der Waals surface area (Å²) in [5.41, 5.74) is 22.1. The zero-order valence-corrected chi connectivity index (χ0v) is 18.0. The van der Waals surface area contributed by atoms with Gasteiger partial charge in [0.1, 0.15) is 11.6 Å². The van der Waals surface area contributed by atoms with Crippen molar-refractivity contribution >= 4 is 11.6 Å². The van der Waals surface area contributed by atoms with Gasteiger partial charge in [0.2, 0.25) is 0 Å². The molecule has 0 saturated carbocycles. The molecule has 28 heavy (non-hydrogen) atoms. The maximum Gasteiger partial charge on any atom is 0.143 e. The molecule has 8 N–H and O–H groups in total. The van der Waals surface area contributed by atoms with Crippen molar-refractivity contribution in [1.82, 2.24) is 0 Å². The predicted molar refractivity (Wildman–Crippen MR) is 118 cm³/mol. The van der Waals surface area contributed by atoms with Gasteiger partial charge in [-0.25, -0.2) is 0 Å². The molecule has 0 radical (unpaired) electrons. The van der Waals surface area contributed by atoms with Crippen molar-refractivity contribution in [1.29, 1.82) is 0 Å². The molecular weight excluding hydrogens is 352 g/mol. The fourth-order valence-electron chi connectivity index (χ4n) is 3.53. The van der Waals surface area contributed by atoms with Gasteiger partial charge in [-0.1, -0.05) is 51.4 Å². The second-order valence-electron chi connectivity index (χ2n) is 8.05. The van der Waals surface area contributed by atoms with Gasteiger partial charge < -0.3 is 22.9 Å². The Morgan fingerprint density at radius 1 is 0.536 bits per heavy atom. The van der Waals surface area contributed by atoms with E-state index in [9.17, 15) is 9.59 Å². The summed E-state index contributed by atoms with van der Waals surface area (Å²) in [6, 6.07) is 0. The van der Waals surface area contributed by atoms with Gasteiger partial charge >= 0.3 is 0 Å². The fraction of sp³-hybridized carbons (Fsp3) is 0.909. The zero-order chi connectivity index (χ0) is 21.0. The Bertz CT molecular complexity index is 363. The minimum Gasteiger partial charge on any atom is -0.330 e. The molecule has 0 spiro atoms. The Balaban J connectivity index is 4.30. The van der Waals surface area contributed by atoms with Crippen molar-refractivity contribution in [2.75, 3.05) is 13.1 Å². The largest absolute Gasteiger partial charge is 0.330 e. The van der Waals surface area contributed by atoms with Gasteiger partial charge in [0.25, 0.3) is 0 Å². The minimum atomic E-state index is -0.402. The van der Waals surface area contributed by atoms with Crippen molar-refractivity contribution in [2.24, 2.45) is 28.9 Å². The molecule has 166 valence electrons. The molecule has 0 aliphatic rings. The second-order valence-corrected chi connectivity index (χ2v) is 8.05. The number of hydrogen-bond acceptors (Lipinski definition) is 6. The van der Waals surface area contributed by atoms with Gasteiger partial charge in [-0.2, -0.15) is 0 Å². The molecule has 0 aromatic carbocycles. The van der Waals surface area contributed by atoms with Crippen LogP contribution in [0.1, 0.15) is 103 Å².